The van der Waals surface area contributed by atoms with Crippen LogP contribution in [0.25, 0.3) is 0 Å². The molecule has 1 nitrogen and oxygen atoms in total. The molecule has 1 N–H and O–H groups in total. The highest BCUT2D eigenvalue weighted by molar-refractivity contribution is 5.28. The first-order valence-electron chi connectivity index (χ1n) is 6.81. The number of aryl methyl sites for hydroxylation is 1. The molecule has 0 aromatic heterocycles. The van der Waals surface area contributed by atoms with Crippen LogP contribution in [-0.4, -0.2) is 17.8 Å². The van der Waals surface area contributed by atoms with Crippen LogP contribution in [0.2, 0.25) is 0 Å². The number of rotatable bonds is 3. The van der Waals surface area contributed by atoms with Crippen molar-refractivity contribution in [2.24, 2.45) is 0 Å². The van der Waals surface area contributed by atoms with Crippen LogP contribution in [0, 0.1) is 6.92 Å². The zero-order valence-corrected chi connectivity index (χ0v) is 10.9. The lowest BCUT2D eigenvalue weighted by Gasteiger charge is -2.39. The molecule has 0 bridgehead atoms. The van der Waals surface area contributed by atoms with Crippen molar-refractivity contribution in [2.45, 2.75) is 56.3 Å². The van der Waals surface area contributed by atoms with Gasteiger partial charge in [-0.1, -0.05) is 29.8 Å². The van der Waals surface area contributed by atoms with Crippen LogP contribution in [0.3, 0.4) is 0 Å². The van der Waals surface area contributed by atoms with Gasteiger partial charge < -0.3 is 5.32 Å². The van der Waals surface area contributed by atoms with E-state index in [0.717, 1.165) is 12.8 Å². The molecule has 0 amide bonds. The summed E-state index contributed by atoms with van der Waals surface area (Å²) in [6.07, 6.45) is -1.98. The molecule has 0 radical (unpaired) electrons. The minimum Gasteiger partial charge on any atom is -0.301 e. The molecule has 2 aliphatic rings. The quantitative estimate of drug-likeness (QED) is 0.876. The van der Waals surface area contributed by atoms with E-state index >= 15 is 0 Å². The topological polar surface area (TPSA) is 12.0 Å². The Hall–Kier alpha value is -1.03. The maximum absolute atomic E-state index is 12.8. The zero-order chi connectivity index (χ0) is 13.7. The number of nitrogens with one attached hydrogen (secondary N) is 1. The Kier molecular flexibility index (Phi) is 2.89. The lowest BCUT2D eigenvalue weighted by atomic mass is 9.75. The van der Waals surface area contributed by atoms with E-state index in [1.54, 1.807) is 0 Å². The second-order valence-corrected chi connectivity index (χ2v) is 6.00. The molecule has 2 aliphatic carbocycles. The van der Waals surface area contributed by atoms with E-state index < -0.39 is 11.7 Å². The van der Waals surface area contributed by atoms with Crippen LogP contribution >= 0.6 is 0 Å². The fourth-order valence-electron chi connectivity index (χ4n) is 2.96. The molecule has 19 heavy (non-hydrogen) atoms. The average molecular weight is 269 g/mol. The highest BCUT2D eigenvalue weighted by Gasteiger charge is 2.64. The van der Waals surface area contributed by atoms with Gasteiger partial charge >= 0.3 is 6.18 Å². The van der Waals surface area contributed by atoms with Gasteiger partial charge in [-0.2, -0.15) is 13.2 Å². The summed E-state index contributed by atoms with van der Waals surface area (Å²) in [5.74, 6) is 0.418. The molecule has 0 unspecified atom stereocenters. The van der Waals surface area contributed by atoms with E-state index in [4.69, 9.17) is 0 Å². The highest BCUT2D eigenvalue weighted by Crippen LogP contribution is 2.51. The molecular weight excluding hydrogens is 251 g/mol. The third-order valence-electron chi connectivity index (χ3n) is 4.42. The summed E-state index contributed by atoms with van der Waals surface area (Å²) < 4.78 is 38.5. The lowest BCUT2D eigenvalue weighted by Crippen LogP contribution is -2.53. The van der Waals surface area contributed by atoms with E-state index in [1.165, 1.54) is 11.1 Å². The maximum atomic E-state index is 12.8. The molecule has 2 fully saturated rings. The molecule has 0 spiro atoms. The van der Waals surface area contributed by atoms with Gasteiger partial charge in [0.2, 0.25) is 0 Å². The Morgan fingerprint density at radius 2 is 1.89 bits per heavy atom. The van der Waals surface area contributed by atoms with Crippen LogP contribution in [0.15, 0.2) is 24.3 Å². The second-order valence-electron chi connectivity index (χ2n) is 6.00. The molecule has 0 heterocycles. The predicted molar refractivity (Wildman–Crippen MR) is 68.1 cm³/mol. The third kappa shape index (κ3) is 2.38. The molecule has 1 aromatic carbocycles. The molecule has 0 aliphatic heterocycles. The Bertz CT molecular complexity index is 471. The van der Waals surface area contributed by atoms with Gasteiger partial charge in [0.25, 0.3) is 0 Å². The van der Waals surface area contributed by atoms with Crippen molar-refractivity contribution >= 4 is 0 Å². The number of benzene rings is 1. The minimum absolute atomic E-state index is 0.0228. The van der Waals surface area contributed by atoms with Gasteiger partial charge in [0.05, 0.1) is 0 Å². The number of alkyl halides is 3. The monoisotopic (exact) mass is 269 g/mol. The van der Waals surface area contributed by atoms with Gasteiger partial charge in [-0.15, -0.1) is 0 Å². The Morgan fingerprint density at radius 3 is 2.42 bits per heavy atom. The standard InChI is InChI=1S/C15H18F3N/c1-10-3-2-4-11(7-10)12-8-13(9-12)19-14(5-6-14)15(16,17)18/h2-4,7,12-13,19H,5-6,8-9H2,1H3. The van der Waals surface area contributed by atoms with Gasteiger partial charge in [0.15, 0.2) is 0 Å². The van der Waals surface area contributed by atoms with Gasteiger partial charge in [-0.05, 0) is 44.1 Å². The van der Waals surface area contributed by atoms with Crippen molar-refractivity contribution in [3.63, 3.8) is 0 Å². The largest absolute Gasteiger partial charge is 0.406 e. The highest BCUT2D eigenvalue weighted by atomic mass is 19.4. The summed E-state index contributed by atoms with van der Waals surface area (Å²) in [4.78, 5) is 0. The molecule has 3 rings (SSSR count). The zero-order valence-electron chi connectivity index (χ0n) is 10.9. The van der Waals surface area contributed by atoms with E-state index in [-0.39, 0.29) is 18.9 Å². The summed E-state index contributed by atoms with van der Waals surface area (Å²) in [5, 5.41) is 2.83. The molecule has 0 atom stereocenters. The van der Waals surface area contributed by atoms with E-state index in [0.29, 0.717) is 5.92 Å². The Labute approximate surface area is 111 Å². The van der Waals surface area contributed by atoms with Gasteiger partial charge in [0, 0.05) is 6.04 Å². The third-order valence-corrected chi connectivity index (χ3v) is 4.42. The van der Waals surface area contributed by atoms with Gasteiger partial charge in [-0.25, -0.2) is 0 Å². The molecule has 4 heteroatoms. The Morgan fingerprint density at radius 1 is 1.21 bits per heavy atom. The van der Waals surface area contributed by atoms with Crippen molar-refractivity contribution in [2.75, 3.05) is 0 Å². The Balaban J connectivity index is 1.57. The van der Waals surface area contributed by atoms with E-state index in [1.807, 2.05) is 19.1 Å². The normalized spacial score (nSPS) is 28.8. The van der Waals surface area contributed by atoms with Crippen LogP contribution in [-0.2, 0) is 0 Å². The van der Waals surface area contributed by atoms with Crippen molar-refractivity contribution in [1.82, 2.24) is 5.32 Å². The predicted octanol–water partition coefficient (Wildman–Crippen LogP) is 3.93. The number of hydrogen-bond donors (Lipinski definition) is 1. The molecular formula is C15H18F3N. The molecule has 1 aromatic rings. The van der Waals surface area contributed by atoms with Crippen LogP contribution < -0.4 is 5.32 Å². The molecule has 2 saturated carbocycles. The number of halogens is 3. The SMILES string of the molecule is Cc1cccc(C2CC(NC3(C(F)(F)F)CC3)C2)c1. The van der Waals surface area contributed by atoms with Crippen LogP contribution in [0.5, 0.6) is 0 Å². The summed E-state index contributed by atoms with van der Waals surface area (Å²) >= 11 is 0. The first-order chi connectivity index (χ1) is 8.90. The van der Waals surface area contributed by atoms with Gasteiger partial charge in [0.1, 0.15) is 5.54 Å². The maximum Gasteiger partial charge on any atom is 0.406 e. The minimum atomic E-state index is -4.10. The van der Waals surface area contributed by atoms with E-state index in [9.17, 15) is 13.2 Å². The summed E-state index contributed by atoms with van der Waals surface area (Å²) in [7, 11) is 0. The van der Waals surface area contributed by atoms with Crippen molar-refractivity contribution < 1.29 is 13.2 Å². The fourth-order valence-corrected chi connectivity index (χ4v) is 2.96. The second kappa shape index (κ2) is 4.23. The summed E-state index contributed by atoms with van der Waals surface area (Å²) in [6, 6.07) is 8.29. The summed E-state index contributed by atoms with van der Waals surface area (Å²) in [5.41, 5.74) is 0.910. The van der Waals surface area contributed by atoms with Crippen LogP contribution in [0.4, 0.5) is 13.2 Å². The van der Waals surface area contributed by atoms with Crippen LogP contribution in [0.1, 0.15) is 42.7 Å². The first kappa shape index (κ1) is 13.0. The summed E-state index contributed by atoms with van der Waals surface area (Å²) in [6.45, 7) is 2.04. The first-order valence-corrected chi connectivity index (χ1v) is 6.81. The smallest absolute Gasteiger partial charge is 0.301 e. The molecule has 0 saturated heterocycles. The van der Waals surface area contributed by atoms with Crippen molar-refractivity contribution in [3.8, 4) is 0 Å². The number of hydrogen-bond acceptors (Lipinski definition) is 1. The average Bonchev–Trinajstić information content (AvgIpc) is 3.03. The molecule has 104 valence electrons. The van der Waals surface area contributed by atoms with Crippen molar-refractivity contribution in [1.29, 1.82) is 0 Å². The van der Waals surface area contributed by atoms with Crippen molar-refractivity contribution in [3.05, 3.63) is 35.4 Å². The lowest BCUT2D eigenvalue weighted by molar-refractivity contribution is -0.169. The fraction of sp³-hybridized carbons (Fsp3) is 0.600. The van der Waals surface area contributed by atoms with Gasteiger partial charge in [-0.3, -0.25) is 0 Å². The van der Waals surface area contributed by atoms with E-state index in [2.05, 4.69) is 17.4 Å².